The van der Waals surface area contributed by atoms with E-state index in [2.05, 4.69) is 35.8 Å². The quantitative estimate of drug-likeness (QED) is 0.585. The molecule has 2 N–H and O–H groups in total. The van der Waals surface area contributed by atoms with Crippen molar-refractivity contribution in [1.82, 2.24) is 10.3 Å². The molecule has 0 atom stereocenters. The van der Waals surface area contributed by atoms with Gasteiger partial charge in [-0.2, -0.15) is 0 Å². The number of hydrogen-bond donors (Lipinski definition) is 2. The number of aromatic nitrogens is 1. The molecule has 0 aliphatic carbocycles. The van der Waals surface area contributed by atoms with Gasteiger partial charge in [0.25, 0.3) is 5.91 Å². The van der Waals surface area contributed by atoms with Crippen LogP contribution in [-0.2, 0) is 20.7 Å². The van der Waals surface area contributed by atoms with E-state index in [1.54, 1.807) is 0 Å². The van der Waals surface area contributed by atoms with E-state index in [-0.39, 0.29) is 11.9 Å². The van der Waals surface area contributed by atoms with Crippen molar-refractivity contribution in [3.63, 3.8) is 0 Å². The molecule has 0 aromatic carbocycles. The average Bonchev–Trinajstić information content (AvgIpc) is 3.00. The van der Waals surface area contributed by atoms with Crippen LogP contribution >= 0.6 is 0 Å². The van der Waals surface area contributed by atoms with Gasteiger partial charge in [0, 0.05) is 29.1 Å². The van der Waals surface area contributed by atoms with E-state index in [1.807, 2.05) is 13.0 Å². The van der Waals surface area contributed by atoms with Gasteiger partial charge < -0.3 is 15.0 Å². The summed E-state index contributed by atoms with van der Waals surface area (Å²) in [6.07, 6.45) is 6.02. The Bertz CT molecular complexity index is 738. The van der Waals surface area contributed by atoms with Gasteiger partial charge in [0.05, 0.1) is 7.11 Å². The summed E-state index contributed by atoms with van der Waals surface area (Å²) in [6.45, 7) is 8.10. The van der Waals surface area contributed by atoms with Gasteiger partial charge in [-0.05, 0) is 69.2 Å². The van der Waals surface area contributed by atoms with Crippen LogP contribution in [0.15, 0.2) is 16.8 Å². The Kier molecular flexibility index (Phi) is 6.23. The second kappa shape index (κ2) is 8.19. The minimum Gasteiger partial charge on any atom is -0.469 e. The largest absolute Gasteiger partial charge is 0.469 e. The maximum absolute atomic E-state index is 11.9. The fraction of sp³-hybridized carbons (Fsp3) is 0.500. The minimum absolute atomic E-state index is 0.00735. The van der Waals surface area contributed by atoms with Crippen molar-refractivity contribution < 1.29 is 14.3 Å². The number of aromatic amines is 1. The Balaban J connectivity index is 2.13. The standard InChI is InChI=1S/C20H28N2O3/c1-6-15-13(3)20(24)22-18(15)11-17-12(2)16(14(4)21-17)9-7-8-10-19(23)25-5/h11,21H,6-10H2,1-5H3,(H,22,24)/b18-11-. The Labute approximate surface area is 149 Å². The lowest BCUT2D eigenvalue weighted by Gasteiger charge is -2.04. The predicted octanol–water partition coefficient (Wildman–Crippen LogP) is 3.71. The highest BCUT2D eigenvalue weighted by Gasteiger charge is 2.23. The van der Waals surface area contributed by atoms with Crippen LogP contribution in [0.3, 0.4) is 0 Å². The number of methoxy groups -OCH3 is 1. The first-order valence-corrected chi connectivity index (χ1v) is 8.87. The molecule has 25 heavy (non-hydrogen) atoms. The first-order chi connectivity index (χ1) is 11.9. The predicted molar refractivity (Wildman–Crippen MR) is 98.9 cm³/mol. The SMILES string of the molecule is CCC1=C(C)C(=O)N/C1=C\c1[nH]c(C)c(CCCCC(=O)OC)c1C. The number of allylic oxidation sites excluding steroid dienone is 1. The molecule has 0 saturated heterocycles. The number of esters is 1. The summed E-state index contributed by atoms with van der Waals surface area (Å²) in [4.78, 5) is 26.5. The maximum Gasteiger partial charge on any atom is 0.305 e. The number of ether oxygens (including phenoxy) is 1. The molecule has 0 unspecified atom stereocenters. The lowest BCUT2D eigenvalue weighted by Crippen LogP contribution is -2.15. The van der Waals surface area contributed by atoms with Gasteiger partial charge >= 0.3 is 5.97 Å². The van der Waals surface area contributed by atoms with Crippen molar-refractivity contribution >= 4 is 18.0 Å². The normalized spacial score (nSPS) is 15.9. The lowest BCUT2D eigenvalue weighted by molar-refractivity contribution is -0.140. The second-order valence-corrected chi connectivity index (χ2v) is 6.52. The zero-order valence-corrected chi connectivity index (χ0v) is 15.8. The average molecular weight is 344 g/mol. The van der Waals surface area contributed by atoms with Gasteiger partial charge in [-0.3, -0.25) is 9.59 Å². The van der Waals surface area contributed by atoms with Crippen LogP contribution < -0.4 is 5.32 Å². The summed E-state index contributed by atoms with van der Waals surface area (Å²) < 4.78 is 4.67. The van der Waals surface area contributed by atoms with Crippen molar-refractivity contribution in [2.75, 3.05) is 7.11 Å². The molecule has 2 heterocycles. The van der Waals surface area contributed by atoms with E-state index in [9.17, 15) is 9.59 Å². The van der Waals surface area contributed by atoms with Crippen LogP contribution in [0.2, 0.25) is 0 Å². The third-order valence-electron chi connectivity index (χ3n) is 4.93. The highest BCUT2D eigenvalue weighted by Crippen LogP contribution is 2.28. The maximum atomic E-state index is 11.9. The molecule has 2 rings (SSSR count). The van der Waals surface area contributed by atoms with Gasteiger partial charge in [0.15, 0.2) is 0 Å². The molecule has 0 fully saturated rings. The van der Waals surface area contributed by atoms with Crippen molar-refractivity contribution in [3.8, 4) is 0 Å². The van der Waals surface area contributed by atoms with Crippen LogP contribution in [0.1, 0.15) is 62.0 Å². The first-order valence-electron chi connectivity index (χ1n) is 8.87. The molecule has 0 spiro atoms. The summed E-state index contributed by atoms with van der Waals surface area (Å²) in [6, 6.07) is 0. The molecule has 1 aromatic heterocycles. The number of amides is 1. The van der Waals surface area contributed by atoms with E-state index < -0.39 is 0 Å². The van der Waals surface area contributed by atoms with Crippen molar-refractivity contribution in [2.24, 2.45) is 0 Å². The monoisotopic (exact) mass is 344 g/mol. The molecule has 1 aliphatic rings. The molecular weight excluding hydrogens is 316 g/mol. The molecule has 0 saturated carbocycles. The van der Waals surface area contributed by atoms with Crippen LogP contribution in [-0.4, -0.2) is 24.0 Å². The third-order valence-corrected chi connectivity index (χ3v) is 4.93. The number of unbranched alkanes of at least 4 members (excludes halogenated alkanes) is 1. The third kappa shape index (κ3) is 4.21. The molecule has 0 radical (unpaired) electrons. The lowest BCUT2D eigenvalue weighted by atomic mass is 10.0. The number of carbonyl (C=O) groups excluding carboxylic acids is 2. The number of hydrogen-bond acceptors (Lipinski definition) is 3. The highest BCUT2D eigenvalue weighted by atomic mass is 16.5. The zero-order valence-electron chi connectivity index (χ0n) is 15.8. The zero-order chi connectivity index (χ0) is 18.6. The molecule has 5 nitrogen and oxygen atoms in total. The second-order valence-electron chi connectivity index (χ2n) is 6.52. The van der Waals surface area contributed by atoms with E-state index in [1.165, 1.54) is 18.2 Å². The Morgan fingerprint density at radius 1 is 1.20 bits per heavy atom. The van der Waals surface area contributed by atoms with Gasteiger partial charge in [-0.15, -0.1) is 0 Å². The van der Waals surface area contributed by atoms with Crippen molar-refractivity contribution in [3.05, 3.63) is 39.4 Å². The van der Waals surface area contributed by atoms with Crippen molar-refractivity contribution in [2.45, 2.75) is 59.8 Å². The number of rotatable bonds is 7. The highest BCUT2D eigenvalue weighted by molar-refractivity contribution is 6.00. The number of H-pyrrole nitrogens is 1. The summed E-state index contributed by atoms with van der Waals surface area (Å²) in [7, 11) is 1.42. The molecule has 136 valence electrons. The van der Waals surface area contributed by atoms with Gasteiger partial charge in [-0.1, -0.05) is 6.92 Å². The Hall–Kier alpha value is -2.30. The topological polar surface area (TPSA) is 71.2 Å². The van der Waals surface area contributed by atoms with E-state index in [0.29, 0.717) is 6.42 Å². The Morgan fingerprint density at radius 2 is 1.92 bits per heavy atom. The molecular formula is C20H28N2O3. The van der Waals surface area contributed by atoms with Crippen molar-refractivity contribution in [1.29, 1.82) is 0 Å². The minimum atomic E-state index is -0.154. The summed E-state index contributed by atoms with van der Waals surface area (Å²) in [5.74, 6) is -0.161. The summed E-state index contributed by atoms with van der Waals surface area (Å²) in [5.41, 5.74) is 7.46. The van der Waals surface area contributed by atoms with Gasteiger partial charge in [0.1, 0.15) is 0 Å². The smallest absolute Gasteiger partial charge is 0.305 e. The number of nitrogens with one attached hydrogen (secondary N) is 2. The number of aryl methyl sites for hydroxylation is 1. The van der Waals surface area contributed by atoms with Crippen LogP contribution in [0.4, 0.5) is 0 Å². The fourth-order valence-electron chi connectivity index (χ4n) is 3.36. The van der Waals surface area contributed by atoms with E-state index in [0.717, 1.165) is 53.9 Å². The van der Waals surface area contributed by atoms with E-state index >= 15 is 0 Å². The fourth-order valence-corrected chi connectivity index (χ4v) is 3.36. The van der Waals surface area contributed by atoms with Gasteiger partial charge in [0.2, 0.25) is 0 Å². The summed E-state index contributed by atoms with van der Waals surface area (Å²) in [5, 5.41) is 2.96. The Morgan fingerprint density at radius 3 is 2.56 bits per heavy atom. The van der Waals surface area contributed by atoms with Crippen LogP contribution in [0, 0.1) is 13.8 Å². The molecule has 1 amide bonds. The molecule has 1 aromatic rings. The first kappa shape index (κ1) is 19.0. The molecule has 1 aliphatic heterocycles. The van der Waals surface area contributed by atoms with Crippen LogP contribution in [0.25, 0.3) is 6.08 Å². The van der Waals surface area contributed by atoms with E-state index in [4.69, 9.17) is 0 Å². The molecule has 0 bridgehead atoms. The molecule has 5 heteroatoms. The summed E-state index contributed by atoms with van der Waals surface area (Å²) >= 11 is 0. The van der Waals surface area contributed by atoms with Crippen LogP contribution in [0.5, 0.6) is 0 Å². The number of carbonyl (C=O) groups is 2. The van der Waals surface area contributed by atoms with Gasteiger partial charge in [-0.25, -0.2) is 0 Å².